The first-order valence-electron chi connectivity index (χ1n) is 6.97. The third-order valence-corrected chi connectivity index (χ3v) is 3.34. The Hall–Kier alpha value is -3.48. The van der Waals surface area contributed by atoms with Crippen molar-refractivity contribution in [3.8, 4) is 5.75 Å². The van der Waals surface area contributed by atoms with E-state index in [4.69, 9.17) is 9.15 Å². The molecule has 0 unspecified atom stereocenters. The number of nitro benzene ring substituents is 1. The molecule has 7 heteroatoms. The van der Waals surface area contributed by atoms with E-state index in [0.29, 0.717) is 11.3 Å². The highest BCUT2D eigenvalue weighted by Gasteiger charge is 2.12. The molecule has 0 saturated heterocycles. The van der Waals surface area contributed by atoms with Gasteiger partial charge in [0, 0.05) is 35.2 Å². The van der Waals surface area contributed by atoms with Gasteiger partial charge in [0.25, 0.3) is 5.69 Å². The topological polar surface area (TPSA) is 99.7 Å². The first-order valence-corrected chi connectivity index (χ1v) is 6.97. The Kier molecular flexibility index (Phi) is 4.07. The minimum Gasteiger partial charge on any atom is -0.485 e. The van der Waals surface area contributed by atoms with E-state index in [2.05, 4.69) is 0 Å². The van der Waals surface area contributed by atoms with Crippen molar-refractivity contribution in [3.63, 3.8) is 0 Å². The smallest absolute Gasteiger partial charge is 0.336 e. The van der Waals surface area contributed by atoms with Gasteiger partial charge < -0.3 is 9.15 Å². The van der Waals surface area contributed by atoms with Crippen LogP contribution in [0.15, 0.2) is 63.8 Å². The number of ketones is 1. The van der Waals surface area contributed by atoms with Gasteiger partial charge in [-0.25, -0.2) is 4.79 Å². The average Bonchev–Trinajstić information content (AvgIpc) is 2.59. The molecule has 0 bridgehead atoms. The molecule has 0 atom stereocenters. The number of ether oxygens (including phenoxy) is 1. The second-order valence-corrected chi connectivity index (χ2v) is 4.97. The van der Waals surface area contributed by atoms with Gasteiger partial charge in [0.2, 0.25) is 0 Å². The predicted octanol–water partition coefficient (Wildman–Crippen LogP) is 2.96. The minimum atomic E-state index is -0.566. The molecule has 24 heavy (non-hydrogen) atoms. The summed E-state index contributed by atoms with van der Waals surface area (Å²) in [5, 5.41) is 11.5. The zero-order chi connectivity index (χ0) is 17.1. The van der Waals surface area contributed by atoms with Crippen molar-refractivity contribution >= 4 is 22.4 Å². The van der Waals surface area contributed by atoms with Gasteiger partial charge in [-0.05, 0) is 18.2 Å². The molecule has 0 aliphatic carbocycles. The number of benzene rings is 2. The van der Waals surface area contributed by atoms with Crippen LogP contribution in [-0.4, -0.2) is 17.3 Å². The molecule has 3 rings (SSSR count). The van der Waals surface area contributed by atoms with E-state index in [1.165, 1.54) is 36.4 Å². The molecular weight excluding hydrogens is 314 g/mol. The molecule has 1 heterocycles. The lowest BCUT2D eigenvalue weighted by molar-refractivity contribution is -0.384. The van der Waals surface area contributed by atoms with Crippen molar-refractivity contribution < 1.29 is 18.9 Å². The van der Waals surface area contributed by atoms with Crippen molar-refractivity contribution in [2.24, 2.45) is 0 Å². The summed E-state index contributed by atoms with van der Waals surface area (Å²) in [5.74, 6) is -0.0380. The van der Waals surface area contributed by atoms with E-state index in [1.54, 1.807) is 18.2 Å². The van der Waals surface area contributed by atoms with Crippen LogP contribution < -0.4 is 10.4 Å². The maximum absolute atomic E-state index is 12.1. The highest BCUT2D eigenvalue weighted by molar-refractivity contribution is 5.97. The van der Waals surface area contributed by atoms with Crippen LogP contribution in [0.1, 0.15) is 10.4 Å². The van der Waals surface area contributed by atoms with Crippen molar-refractivity contribution in [2.45, 2.75) is 0 Å². The maximum Gasteiger partial charge on any atom is 0.336 e. The van der Waals surface area contributed by atoms with Gasteiger partial charge in [-0.15, -0.1) is 0 Å². The van der Waals surface area contributed by atoms with Crippen molar-refractivity contribution in [1.82, 2.24) is 0 Å². The molecular formula is C17H11NO6. The molecule has 0 saturated carbocycles. The lowest BCUT2D eigenvalue weighted by Crippen LogP contribution is -2.11. The van der Waals surface area contributed by atoms with E-state index in [0.717, 1.165) is 5.39 Å². The lowest BCUT2D eigenvalue weighted by Gasteiger charge is -2.06. The molecule has 120 valence electrons. The van der Waals surface area contributed by atoms with Crippen LogP contribution in [0.5, 0.6) is 5.75 Å². The number of non-ortho nitro benzene ring substituents is 1. The number of Topliss-reactive ketones (excluding diaryl/α,β-unsaturated/α-hetero) is 1. The Labute approximate surface area is 135 Å². The Bertz CT molecular complexity index is 992. The van der Waals surface area contributed by atoms with Gasteiger partial charge >= 0.3 is 5.63 Å². The zero-order valence-corrected chi connectivity index (χ0v) is 12.3. The SMILES string of the molecule is O=C(COc1ccc2ccc(=O)oc2c1)c1cccc([N+](=O)[O-])c1. The maximum atomic E-state index is 12.1. The number of carbonyl (C=O) groups excluding carboxylic acids is 1. The fourth-order valence-electron chi connectivity index (χ4n) is 2.16. The van der Waals surface area contributed by atoms with Gasteiger partial charge in [0.15, 0.2) is 12.4 Å². The van der Waals surface area contributed by atoms with Gasteiger partial charge in [-0.2, -0.15) is 0 Å². The van der Waals surface area contributed by atoms with Crippen LogP contribution in [0.25, 0.3) is 11.0 Å². The van der Waals surface area contributed by atoms with E-state index >= 15 is 0 Å². The average molecular weight is 325 g/mol. The molecule has 0 amide bonds. The number of hydrogen-bond acceptors (Lipinski definition) is 6. The summed E-state index contributed by atoms with van der Waals surface area (Å²) in [6, 6.07) is 13.2. The van der Waals surface area contributed by atoms with Gasteiger partial charge in [-0.3, -0.25) is 14.9 Å². The van der Waals surface area contributed by atoms with Crippen LogP contribution in [0, 0.1) is 10.1 Å². The normalized spacial score (nSPS) is 10.5. The van der Waals surface area contributed by atoms with Crippen molar-refractivity contribution in [1.29, 1.82) is 0 Å². The van der Waals surface area contributed by atoms with Crippen LogP contribution in [0.2, 0.25) is 0 Å². The zero-order valence-electron chi connectivity index (χ0n) is 12.3. The number of nitro groups is 1. The van der Waals surface area contributed by atoms with Crippen molar-refractivity contribution in [2.75, 3.05) is 6.61 Å². The second kappa shape index (κ2) is 6.33. The molecule has 2 aromatic carbocycles. The summed E-state index contributed by atoms with van der Waals surface area (Å²) >= 11 is 0. The molecule has 0 spiro atoms. The monoisotopic (exact) mass is 325 g/mol. The molecule has 3 aromatic rings. The number of carbonyl (C=O) groups is 1. The fourth-order valence-corrected chi connectivity index (χ4v) is 2.16. The van der Waals surface area contributed by atoms with Gasteiger partial charge in [0.05, 0.1) is 4.92 Å². The van der Waals surface area contributed by atoms with Crippen LogP contribution in [0.3, 0.4) is 0 Å². The standard InChI is InChI=1S/C17H11NO6/c19-15(12-2-1-3-13(8-12)18(21)22)10-23-14-6-4-11-5-7-17(20)24-16(11)9-14/h1-9H,10H2. The van der Waals surface area contributed by atoms with Crippen molar-refractivity contribution in [3.05, 3.63) is 80.7 Å². The molecule has 0 radical (unpaired) electrons. The second-order valence-electron chi connectivity index (χ2n) is 4.97. The Balaban J connectivity index is 1.75. The lowest BCUT2D eigenvalue weighted by atomic mass is 10.1. The molecule has 0 aliphatic heterocycles. The summed E-state index contributed by atoms with van der Waals surface area (Å²) in [7, 11) is 0. The number of nitrogens with zero attached hydrogens (tertiary/aromatic N) is 1. The summed E-state index contributed by atoms with van der Waals surface area (Å²) in [6.45, 7) is -0.288. The van der Waals surface area contributed by atoms with Crippen LogP contribution in [0.4, 0.5) is 5.69 Å². The Morgan fingerprint density at radius 1 is 1.12 bits per heavy atom. The summed E-state index contributed by atoms with van der Waals surface area (Å²) < 4.78 is 10.4. The molecule has 1 aromatic heterocycles. The highest BCUT2D eigenvalue weighted by atomic mass is 16.6. The summed E-state index contributed by atoms with van der Waals surface area (Å²) in [6.07, 6.45) is 0. The van der Waals surface area contributed by atoms with E-state index < -0.39 is 16.3 Å². The van der Waals surface area contributed by atoms with E-state index in [-0.39, 0.29) is 17.9 Å². The minimum absolute atomic E-state index is 0.159. The third-order valence-electron chi connectivity index (χ3n) is 3.34. The Morgan fingerprint density at radius 3 is 2.71 bits per heavy atom. The Morgan fingerprint density at radius 2 is 1.92 bits per heavy atom. The number of rotatable bonds is 5. The van der Waals surface area contributed by atoms with Crippen LogP contribution in [-0.2, 0) is 0 Å². The van der Waals surface area contributed by atoms with Crippen LogP contribution >= 0.6 is 0 Å². The first kappa shape index (κ1) is 15.4. The quantitative estimate of drug-likeness (QED) is 0.309. The summed E-state index contributed by atoms with van der Waals surface area (Å²) in [5.41, 5.74) is -0.0972. The molecule has 0 N–H and O–H groups in total. The van der Waals surface area contributed by atoms with E-state index in [1.807, 2.05) is 0 Å². The third kappa shape index (κ3) is 3.30. The van der Waals surface area contributed by atoms with Gasteiger partial charge in [0.1, 0.15) is 11.3 Å². The highest BCUT2D eigenvalue weighted by Crippen LogP contribution is 2.20. The van der Waals surface area contributed by atoms with Gasteiger partial charge in [-0.1, -0.05) is 12.1 Å². The number of hydrogen-bond donors (Lipinski definition) is 0. The number of fused-ring (bicyclic) bond motifs is 1. The molecule has 7 nitrogen and oxygen atoms in total. The largest absolute Gasteiger partial charge is 0.485 e. The van der Waals surface area contributed by atoms with E-state index in [9.17, 15) is 19.7 Å². The fraction of sp³-hybridized carbons (Fsp3) is 0.0588. The molecule has 0 fully saturated rings. The summed E-state index contributed by atoms with van der Waals surface area (Å²) in [4.78, 5) is 33.5. The molecule has 0 aliphatic rings. The predicted molar refractivity (Wildman–Crippen MR) is 85.4 cm³/mol. The first-order chi connectivity index (χ1) is 11.5.